The number of halogens is 4. The van der Waals surface area contributed by atoms with Crippen LogP contribution in [0, 0.1) is 30.2 Å². The van der Waals surface area contributed by atoms with Gasteiger partial charge in [-0.15, -0.1) is 0 Å². The van der Waals surface area contributed by atoms with Gasteiger partial charge in [0.05, 0.1) is 6.61 Å². The maximum absolute atomic E-state index is 13.4. The van der Waals surface area contributed by atoms with Crippen molar-refractivity contribution in [1.82, 2.24) is 0 Å². The first-order valence-electron chi connectivity index (χ1n) is 5.10. The lowest BCUT2D eigenvalue weighted by Gasteiger charge is -2.11. The van der Waals surface area contributed by atoms with E-state index in [9.17, 15) is 22.4 Å². The van der Waals surface area contributed by atoms with Crippen LogP contribution in [0.2, 0.25) is 0 Å². The van der Waals surface area contributed by atoms with Gasteiger partial charge in [-0.2, -0.15) is 4.39 Å². The standard InChI is InChI=1S/C11H11F4NO2/c1-5-7(12)9(14)10(15)11(8(5)13)18-4-2-3-6(16)17/h2-4H2,1H3,(H2,16,17). The van der Waals surface area contributed by atoms with Gasteiger partial charge in [0.1, 0.15) is 0 Å². The Bertz CT molecular complexity index is 448. The summed E-state index contributed by atoms with van der Waals surface area (Å²) in [5.74, 6) is -8.00. The fourth-order valence-corrected chi connectivity index (χ4v) is 1.27. The van der Waals surface area contributed by atoms with Crippen LogP contribution in [0.25, 0.3) is 0 Å². The topological polar surface area (TPSA) is 52.3 Å². The Morgan fingerprint density at radius 3 is 2.28 bits per heavy atom. The van der Waals surface area contributed by atoms with E-state index in [0.29, 0.717) is 0 Å². The molecule has 1 amide bonds. The zero-order valence-electron chi connectivity index (χ0n) is 9.53. The summed E-state index contributed by atoms with van der Waals surface area (Å²) in [6, 6.07) is 0. The van der Waals surface area contributed by atoms with Crippen molar-refractivity contribution in [3.8, 4) is 5.75 Å². The highest BCUT2D eigenvalue weighted by Crippen LogP contribution is 2.29. The highest BCUT2D eigenvalue weighted by Gasteiger charge is 2.24. The quantitative estimate of drug-likeness (QED) is 0.384. The van der Waals surface area contributed by atoms with Crippen LogP contribution in [0.15, 0.2) is 0 Å². The predicted molar refractivity (Wildman–Crippen MR) is 54.9 cm³/mol. The molecule has 0 radical (unpaired) electrons. The van der Waals surface area contributed by atoms with Gasteiger partial charge in [-0.05, 0) is 13.3 Å². The monoisotopic (exact) mass is 265 g/mol. The molecule has 0 saturated carbocycles. The summed E-state index contributed by atoms with van der Waals surface area (Å²) < 4.78 is 57.3. The number of primary amides is 1. The van der Waals surface area contributed by atoms with Crippen LogP contribution in [-0.2, 0) is 4.79 Å². The highest BCUT2D eigenvalue weighted by molar-refractivity contribution is 5.73. The molecule has 1 aromatic rings. The summed E-state index contributed by atoms with van der Waals surface area (Å²) in [4.78, 5) is 10.4. The van der Waals surface area contributed by atoms with Crippen molar-refractivity contribution in [2.45, 2.75) is 19.8 Å². The maximum Gasteiger partial charge on any atom is 0.217 e. The van der Waals surface area contributed by atoms with Crippen LogP contribution in [0.1, 0.15) is 18.4 Å². The minimum absolute atomic E-state index is 0.0358. The Labute approximate surface area is 101 Å². The van der Waals surface area contributed by atoms with Crippen molar-refractivity contribution >= 4 is 5.91 Å². The molecule has 100 valence electrons. The van der Waals surface area contributed by atoms with E-state index in [0.717, 1.165) is 6.92 Å². The molecule has 2 N–H and O–H groups in total. The van der Waals surface area contributed by atoms with E-state index in [2.05, 4.69) is 4.74 Å². The number of nitrogens with two attached hydrogens (primary N) is 1. The second-order valence-electron chi connectivity index (χ2n) is 3.63. The number of benzene rings is 1. The largest absolute Gasteiger partial charge is 0.488 e. The fourth-order valence-electron chi connectivity index (χ4n) is 1.27. The van der Waals surface area contributed by atoms with E-state index in [1.54, 1.807) is 0 Å². The number of rotatable bonds is 5. The van der Waals surface area contributed by atoms with Gasteiger partial charge >= 0.3 is 0 Å². The SMILES string of the molecule is Cc1c(F)c(F)c(F)c(OCCCC(N)=O)c1F. The molecule has 7 heteroatoms. The number of carbonyl (C=O) groups excluding carboxylic acids is 1. The highest BCUT2D eigenvalue weighted by atomic mass is 19.2. The summed E-state index contributed by atoms with van der Waals surface area (Å²) in [5.41, 5.74) is 4.18. The molecule has 3 nitrogen and oxygen atoms in total. The van der Waals surface area contributed by atoms with Gasteiger partial charge in [0.2, 0.25) is 11.7 Å². The lowest BCUT2D eigenvalue weighted by atomic mass is 10.2. The van der Waals surface area contributed by atoms with E-state index in [1.165, 1.54) is 0 Å². The summed E-state index contributed by atoms with van der Waals surface area (Å²) in [5, 5.41) is 0. The number of hydrogen-bond donors (Lipinski definition) is 1. The molecule has 1 rings (SSSR count). The van der Waals surface area contributed by atoms with Crippen LogP contribution in [0.3, 0.4) is 0 Å². The zero-order valence-corrected chi connectivity index (χ0v) is 9.53. The molecular formula is C11H11F4NO2. The Morgan fingerprint density at radius 1 is 1.11 bits per heavy atom. The van der Waals surface area contributed by atoms with Crippen LogP contribution in [0.5, 0.6) is 5.75 Å². The molecule has 0 aliphatic carbocycles. The third kappa shape index (κ3) is 2.91. The summed E-state index contributed by atoms with van der Waals surface area (Å²) in [6.45, 7) is 0.727. The van der Waals surface area contributed by atoms with Crippen LogP contribution < -0.4 is 10.5 Å². The Kier molecular flexibility index (Phi) is 4.52. The van der Waals surface area contributed by atoms with Gasteiger partial charge < -0.3 is 10.5 Å². The number of ether oxygens (including phenoxy) is 1. The van der Waals surface area contributed by atoms with Crippen LogP contribution in [-0.4, -0.2) is 12.5 Å². The van der Waals surface area contributed by atoms with Gasteiger partial charge in [-0.25, -0.2) is 13.2 Å². The molecule has 0 aliphatic heterocycles. The Hall–Kier alpha value is -1.79. The van der Waals surface area contributed by atoms with Crippen molar-refractivity contribution in [2.24, 2.45) is 5.73 Å². The Balaban J connectivity index is 2.86. The third-order valence-electron chi connectivity index (χ3n) is 2.26. The molecule has 0 aromatic heterocycles. The molecule has 0 saturated heterocycles. The lowest BCUT2D eigenvalue weighted by Crippen LogP contribution is -2.13. The molecule has 0 bridgehead atoms. The fraction of sp³-hybridized carbons (Fsp3) is 0.364. The maximum atomic E-state index is 13.4. The van der Waals surface area contributed by atoms with Crippen molar-refractivity contribution in [3.05, 3.63) is 28.8 Å². The van der Waals surface area contributed by atoms with Gasteiger partial charge in [0.15, 0.2) is 23.2 Å². The zero-order chi connectivity index (χ0) is 13.9. The molecule has 0 aliphatic rings. The van der Waals surface area contributed by atoms with Gasteiger partial charge in [0, 0.05) is 12.0 Å². The molecule has 0 unspecified atom stereocenters. The first-order valence-corrected chi connectivity index (χ1v) is 5.10. The number of hydrogen-bond acceptors (Lipinski definition) is 2. The third-order valence-corrected chi connectivity index (χ3v) is 2.26. The molecule has 18 heavy (non-hydrogen) atoms. The van der Waals surface area contributed by atoms with Crippen LogP contribution >= 0.6 is 0 Å². The first kappa shape index (κ1) is 14.3. The van der Waals surface area contributed by atoms with Gasteiger partial charge in [0.25, 0.3) is 0 Å². The van der Waals surface area contributed by atoms with E-state index < -0.39 is 40.5 Å². The average molecular weight is 265 g/mol. The van der Waals surface area contributed by atoms with E-state index in [-0.39, 0.29) is 19.4 Å². The summed E-state index contributed by atoms with van der Waals surface area (Å²) in [7, 11) is 0. The minimum atomic E-state index is -1.79. The predicted octanol–water partition coefficient (Wildman–Crippen LogP) is 2.20. The summed E-state index contributed by atoms with van der Waals surface area (Å²) >= 11 is 0. The van der Waals surface area contributed by atoms with Crippen molar-refractivity contribution < 1.29 is 27.1 Å². The second-order valence-corrected chi connectivity index (χ2v) is 3.63. The summed E-state index contributed by atoms with van der Waals surface area (Å²) in [6.07, 6.45) is 0.0815. The smallest absolute Gasteiger partial charge is 0.217 e. The van der Waals surface area contributed by atoms with Crippen molar-refractivity contribution in [3.63, 3.8) is 0 Å². The van der Waals surface area contributed by atoms with Gasteiger partial charge in [-0.1, -0.05) is 0 Å². The molecule has 0 spiro atoms. The van der Waals surface area contributed by atoms with E-state index in [1.807, 2.05) is 0 Å². The molecule has 1 aromatic carbocycles. The average Bonchev–Trinajstić information content (AvgIpc) is 2.32. The second kappa shape index (κ2) is 5.70. The van der Waals surface area contributed by atoms with Crippen molar-refractivity contribution in [1.29, 1.82) is 0 Å². The van der Waals surface area contributed by atoms with E-state index >= 15 is 0 Å². The molecule has 0 atom stereocenters. The first-order chi connectivity index (χ1) is 8.36. The number of amides is 1. The normalized spacial score (nSPS) is 10.5. The molecular weight excluding hydrogens is 254 g/mol. The minimum Gasteiger partial charge on any atom is -0.488 e. The van der Waals surface area contributed by atoms with Crippen LogP contribution in [0.4, 0.5) is 17.6 Å². The molecule has 0 fully saturated rings. The van der Waals surface area contributed by atoms with Crippen molar-refractivity contribution in [2.75, 3.05) is 6.61 Å². The lowest BCUT2D eigenvalue weighted by molar-refractivity contribution is -0.118. The number of carbonyl (C=O) groups is 1. The Morgan fingerprint density at radius 2 is 1.72 bits per heavy atom. The molecule has 0 heterocycles. The van der Waals surface area contributed by atoms with Gasteiger partial charge in [-0.3, -0.25) is 4.79 Å². The van der Waals surface area contributed by atoms with E-state index in [4.69, 9.17) is 5.73 Å².